The van der Waals surface area contributed by atoms with Crippen molar-refractivity contribution >= 4 is 38.8 Å². The molecule has 3 heterocycles. The van der Waals surface area contributed by atoms with Crippen LogP contribution >= 0.6 is 11.3 Å². The normalized spacial score (nSPS) is 12.7. The summed E-state index contributed by atoms with van der Waals surface area (Å²) in [6.45, 7) is 3.89. The van der Waals surface area contributed by atoms with Crippen molar-refractivity contribution in [3.8, 4) is 5.88 Å². The SMILES string of the molecule is COCc1nc(OC)c2c(C)c(C(=O)Nc3ccccc3CN3CCc4ccccc43)sc2n1. The van der Waals surface area contributed by atoms with Crippen LogP contribution in [0.15, 0.2) is 48.5 Å². The minimum atomic E-state index is -0.162. The number of rotatable bonds is 7. The summed E-state index contributed by atoms with van der Waals surface area (Å²) in [5, 5.41) is 3.90. The summed E-state index contributed by atoms with van der Waals surface area (Å²) in [6, 6.07) is 16.5. The molecule has 0 unspecified atom stereocenters. The molecule has 7 nitrogen and oxygen atoms in total. The van der Waals surface area contributed by atoms with Gasteiger partial charge in [0, 0.05) is 31.6 Å². The maximum absolute atomic E-state index is 13.4. The van der Waals surface area contributed by atoms with Crippen LogP contribution in [0.2, 0.25) is 0 Å². The van der Waals surface area contributed by atoms with E-state index in [1.54, 1.807) is 14.2 Å². The highest BCUT2D eigenvalue weighted by Gasteiger charge is 2.23. The molecule has 0 radical (unpaired) electrons. The molecule has 0 saturated carbocycles. The highest BCUT2D eigenvalue weighted by atomic mass is 32.1. The summed E-state index contributed by atoms with van der Waals surface area (Å²) >= 11 is 1.34. The van der Waals surface area contributed by atoms with Gasteiger partial charge in [0.25, 0.3) is 5.91 Å². The fourth-order valence-corrected chi connectivity index (χ4v) is 5.52. The quantitative estimate of drug-likeness (QED) is 0.408. The summed E-state index contributed by atoms with van der Waals surface area (Å²) in [4.78, 5) is 26.0. The summed E-state index contributed by atoms with van der Waals surface area (Å²) in [6.07, 6.45) is 1.04. The maximum Gasteiger partial charge on any atom is 0.266 e. The molecule has 4 aromatic rings. The van der Waals surface area contributed by atoms with Crippen LogP contribution in [0, 0.1) is 6.92 Å². The molecule has 34 heavy (non-hydrogen) atoms. The van der Waals surface area contributed by atoms with Gasteiger partial charge >= 0.3 is 0 Å². The topological polar surface area (TPSA) is 76.6 Å². The van der Waals surface area contributed by atoms with E-state index in [0.717, 1.165) is 41.7 Å². The van der Waals surface area contributed by atoms with Crippen LogP contribution in [0.3, 0.4) is 0 Å². The van der Waals surface area contributed by atoms with Crippen molar-refractivity contribution in [3.05, 3.63) is 75.9 Å². The summed E-state index contributed by atoms with van der Waals surface area (Å²) in [5.41, 5.74) is 5.33. The van der Waals surface area contributed by atoms with Crippen molar-refractivity contribution in [1.29, 1.82) is 0 Å². The fourth-order valence-electron chi connectivity index (χ4n) is 4.44. The van der Waals surface area contributed by atoms with Gasteiger partial charge < -0.3 is 19.7 Å². The molecule has 1 aliphatic rings. The standard InChI is InChI=1S/C26H26N4O3S/c1-16-22-25(33-3)28-21(15-32-2)29-26(22)34-23(16)24(31)27-19-10-6-4-9-18(19)14-30-13-12-17-8-5-7-11-20(17)30/h4-11H,12-15H2,1-3H3,(H,27,31). The largest absolute Gasteiger partial charge is 0.480 e. The van der Waals surface area contributed by atoms with Crippen molar-refractivity contribution in [1.82, 2.24) is 9.97 Å². The van der Waals surface area contributed by atoms with Gasteiger partial charge in [-0.05, 0) is 42.2 Å². The molecule has 0 spiro atoms. The first-order valence-corrected chi connectivity index (χ1v) is 12.0. The van der Waals surface area contributed by atoms with Crippen molar-refractivity contribution in [3.63, 3.8) is 0 Å². The van der Waals surface area contributed by atoms with E-state index in [2.05, 4.69) is 50.5 Å². The summed E-state index contributed by atoms with van der Waals surface area (Å²) < 4.78 is 10.7. The first-order valence-electron chi connectivity index (χ1n) is 11.1. The predicted molar refractivity (Wildman–Crippen MR) is 135 cm³/mol. The Balaban J connectivity index is 1.43. The monoisotopic (exact) mass is 474 g/mol. The number of fused-ring (bicyclic) bond motifs is 2. The van der Waals surface area contributed by atoms with E-state index in [-0.39, 0.29) is 12.5 Å². The van der Waals surface area contributed by atoms with Crippen molar-refractivity contribution in [2.75, 3.05) is 31.0 Å². The average molecular weight is 475 g/mol. The third kappa shape index (κ3) is 4.10. The number of methoxy groups -OCH3 is 2. The molecule has 0 atom stereocenters. The molecular formula is C26H26N4O3S. The Morgan fingerprint density at radius 2 is 1.91 bits per heavy atom. The number of nitrogens with one attached hydrogen (secondary N) is 1. The number of aryl methyl sites for hydroxylation is 1. The number of ether oxygens (including phenoxy) is 2. The van der Waals surface area contributed by atoms with Crippen LogP contribution in [0.1, 0.15) is 32.2 Å². The third-order valence-electron chi connectivity index (χ3n) is 6.09. The van der Waals surface area contributed by atoms with Gasteiger partial charge in [-0.2, -0.15) is 4.98 Å². The Morgan fingerprint density at radius 1 is 1.12 bits per heavy atom. The molecule has 0 fully saturated rings. The van der Waals surface area contributed by atoms with Gasteiger partial charge in [-0.3, -0.25) is 4.79 Å². The molecule has 174 valence electrons. The molecule has 0 saturated heterocycles. The van der Waals surface area contributed by atoms with Gasteiger partial charge in [0.05, 0.1) is 17.4 Å². The zero-order valence-corrected chi connectivity index (χ0v) is 20.2. The van der Waals surface area contributed by atoms with Gasteiger partial charge in [0.2, 0.25) is 5.88 Å². The Morgan fingerprint density at radius 3 is 2.74 bits per heavy atom. The first-order chi connectivity index (χ1) is 16.6. The molecule has 1 aliphatic heterocycles. The van der Waals surface area contributed by atoms with E-state index < -0.39 is 0 Å². The minimum absolute atomic E-state index is 0.162. The molecule has 2 aromatic heterocycles. The lowest BCUT2D eigenvalue weighted by atomic mass is 10.1. The first kappa shape index (κ1) is 22.3. The van der Waals surface area contributed by atoms with Crippen LogP contribution < -0.4 is 15.0 Å². The number of thiophene rings is 1. The molecule has 0 bridgehead atoms. The number of benzene rings is 2. The molecular weight excluding hydrogens is 448 g/mol. The van der Waals surface area contributed by atoms with E-state index in [0.29, 0.717) is 21.4 Å². The Hall–Kier alpha value is -3.49. The number of carbonyl (C=O) groups excluding carboxylic acids is 1. The average Bonchev–Trinajstić information content (AvgIpc) is 3.41. The number of carbonyl (C=O) groups is 1. The zero-order chi connectivity index (χ0) is 23.7. The lowest BCUT2D eigenvalue weighted by molar-refractivity contribution is 0.103. The molecule has 2 aromatic carbocycles. The number of aromatic nitrogens is 2. The zero-order valence-electron chi connectivity index (χ0n) is 19.4. The van der Waals surface area contributed by atoms with Crippen LogP contribution in [0.4, 0.5) is 11.4 Å². The third-order valence-corrected chi connectivity index (χ3v) is 7.27. The van der Waals surface area contributed by atoms with Gasteiger partial charge in [0.1, 0.15) is 11.4 Å². The lowest BCUT2D eigenvalue weighted by Gasteiger charge is -2.21. The lowest BCUT2D eigenvalue weighted by Crippen LogP contribution is -2.21. The van der Waals surface area contributed by atoms with Gasteiger partial charge in [-0.1, -0.05) is 36.4 Å². The smallest absolute Gasteiger partial charge is 0.266 e. The number of nitrogens with zero attached hydrogens (tertiary/aromatic N) is 3. The van der Waals surface area contributed by atoms with Crippen molar-refractivity contribution in [2.45, 2.75) is 26.5 Å². The summed E-state index contributed by atoms with van der Waals surface area (Å²) in [7, 11) is 3.17. The molecule has 1 N–H and O–H groups in total. The van der Waals surface area contributed by atoms with Crippen LogP contribution in [0.25, 0.3) is 10.2 Å². The molecule has 8 heteroatoms. The van der Waals surface area contributed by atoms with Crippen molar-refractivity contribution in [2.24, 2.45) is 0 Å². The predicted octanol–water partition coefficient (Wildman–Crippen LogP) is 4.97. The second kappa shape index (κ2) is 9.40. The molecule has 5 rings (SSSR count). The second-order valence-corrected chi connectivity index (χ2v) is 9.23. The molecule has 1 amide bonds. The van der Waals surface area contributed by atoms with E-state index in [4.69, 9.17) is 9.47 Å². The van der Waals surface area contributed by atoms with Gasteiger partial charge in [-0.25, -0.2) is 4.98 Å². The van der Waals surface area contributed by atoms with E-state index in [1.165, 1.54) is 22.6 Å². The Labute approximate surface area is 202 Å². The fraction of sp³-hybridized carbons (Fsp3) is 0.269. The van der Waals surface area contributed by atoms with Crippen molar-refractivity contribution < 1.29 is 14.3 Å². The highest BCUT2D eigenvalue weighted by molar-refractivity contribution is 7.20. The van der Waals surface area contributed by atoms with E-state index in [9.17, 15) is 4.79 Å². The number of para-hydroxylation sites is 2. The van der Waals surface area contributed by atoms with Gasteiger partial charge in [0.15, 0.2) is 5.82 Å². The number of anilines is 2. The number of amides is 1. The number of hydrogen-bond acceptors (Lipinski definition) is 7. The Bertz CT molecular complexity index is 1370. The van der Waals surface area contributed by atoms with Crippen LogP contribution in [0.5, 0.6) is 5.88 Å². The van der Waals surface area contributed by atoms with E-state index in [1.807, 2.05) is 25.1 Å². The molecule has 0 aliphatic carbocycles. The van der Waals surface area contributed by atoms with Crippen LogP contribution in [-0.4, -0.2) is 36.6 Å². The van der Waals surface area contributed by atoms with Gasteiger partial charge in [-0.15, -0.1) is 11.3 Å². The second-order valence-electron chi connectivity index (χ2n) is 8.23. The van der Waals surface area contributed by atoms with Crippen LogP contribution in [-0.2, 0) is 24.3 Å². The highest BCUT2D eigenvalue weighted by Crippen LogP contribution is 2.36. The number of hydrogen-bond donors (Lipinski definition) is 1. The summed E-state index contributed by atoms with van der Waals surface area (Å²) in [5.74, 6) is 0.819. The minimum Gasteiger partial charge on any atom is -0.480 e. The maximum atomic E-state index is 13.4. The Kier molecular flexibility index (Phi) is 6.17. The van der Waals surface area contributed by atoms with E-state index >= 15 is 0 Å².